The summed E-state index contributed by atoms with van der Waals surface area (Å²) < 4.78 is 5.65. The Morgan fingerprint density at radius 3 is 2.57 bits per heavy atom. The van der Waals surface area contributed by atoms with Crippen LogP contribution in [0.1, 0.15) is 18.9 Å². The van der Waals surface area contributed by atoms with Gasteiger partial charge in [0.05, 0.1) is 5.02 Å². The van der Waals surface area contributed by atoms with Crippen molar-refractivity contribution in [2.24, 2.45) is 0 Å². The molecule has 0 aliphatic heterocycles. The van der Waals surface area contributed by atoms with Crippen molar-refractivity contribution in [1.82, 2.24) is 4.98 Å². The molecular weight excluding hydrogens is 331 g/mol. The molecule has 112 valence electrons. The molecule has 1 aromatic heterocycles. The van der Waals surface area contributed by atoms with Gasteiger partial charge in [-0.1, -0.05) is 59.9 Å². The lowest BCUT2D eigenvalue weighted by atomic mass is 10.2. The van der Waals surface area contributed by atoms with E-state index in [1.807, 2.05) is 24.3 Å². The Morgan fingerprint density at radius 1 is 1.10 bits per heavy atom. The molecule has 6 heteroatoms. The van der Waals surface area contributed by atoms with Gasteiger partial charge in [-0.3, -0.25) is 0 Å². The number of nitrogens with zero attached hydrogens (tertiary/aromatic N) is 1. The number of rotatable bonds is 6. The largest absolute Gasteiger partial charge is 0.472 e. The van der Waals surface area contributed by atoms with Crippen LogP contribution < -0.4 is 10.1 Å². The predicted octanol–water partition coefficient (Wildman–Crippen LogP) is 5.44. The van der Waals surface area contributed by atoms with Crippen LogP contribution in [0.15, 0.2) is 30.3 Å². The monoisotopic (exact) mass is 344 g/mol. The van der Waals surface area contributed by atoms with Crippen LogP contribution in [0.25, 0.3) is 0 Å². The second-order valence-electron chi connectivity index (χ2n) is 4.41. The van der Waals surface area contributed by atoms with Crippen LogP contribution in [0.4, 0.5) is 5.82 Å². The van der Waals surface area contributed by atoms with E-state index in [1.54, 1.807) is 6.07 Å². The molecule has 0 aliphatic carbocycles. The Morgan fingerprint density at radius 2 is 1.86 bits per heavy atom. The first-order valence-electron chi connectivity index (χ1n) is 6.58. The maximum absolute atomic E-state index is 6.11. The molecule has 0 unspecified atom stereocenters. The lowest BCUT2D eigenvalue weighted by Crippen LogP contribution is -2.05. The van der Waals surface area contributed by atoms with Gasteiger partial charge in [0.15, 0.2) is 0 Å². The van der Waals surface area contributed by atoms with E-state index in [9.17, 15) is 0 Å². The summed E-state index contributed by atoms with van der Waals surface area (Å²) in [4.78, 5) is 4.31. The van der Waals surface area contributed by atoms with Crippen LogP contribution in [-0.2, 0) is 6.61 Å². The Labute approximate surface area is 139 Å². The van der Waals surface area contributed by atoms with Crippen molar-refractivity contribution in [3.05, 3.63) is 51.0 Å². The summed E-state index contributed by atoms with van der Waals surface area (Å²) in [7, 11) is 0. The van der Waals surface area contributed by atoms with E-state index in [1.165, 1.54) is 0 Å². The Bertz CT molecular complexity index is 620. The van der Waals surface area contributed by atoms with E-state index in [4.69, 9.17) is 39.5 Å². The first kappa shape index (κ1) is 16.2. The van der Waals surface area contributed by atoms with Gasteiger partial charge in [-0.15, -0.1) is 0 Å². The molecule has 0 spiro atoms. The minimum atomic E-state index is 0.293. The molecule has 1 N–H and O–H groups in total. The summed E-state index contributed by atoms with van der Waals surface area (Å²) >= 11 is 18.3. The fourth-order valence-corrected chi connectivity index (χ4v) is 2.35. The lowest BCUT2D eigenvalue weighted by molar-refractivity contribution is 0.294. The zero-order valence-electron chi connectivity index (χ0n) is 11.5. The summed E-state index contributed by atoms with van der Waals surface area (Å²) in [6.45, 7) is 3.13. The van der Waals surface area contributed by atoms with Crippen molar-refractivity contribution in [2.75, 3.05) is 11.9 Å². The normalized spacial score (nSPS) is 10.5. The van der Waals surface area contributed by atoms with Crippen LogP contribution in [0.5, 0.6) is 5.88 Å². The molecular formula is C15H15Cl3N2O. The van der Waals surface area contributed by atoms with Crippen LogP contribution in [0.3, 0.4) is 0 Å². The van der Waals surface area contributed by atoms with Crippen molar-refractivity contribution >= 4 is 40.6 Å². The number of benzene rings is 1. The molecule has 0 bridgehead atoms. The third-order valence-electron chi connectivity index (χ3n) is 2.76. The van der Waals surface area contributed by atoms with Gasteiger partial charge < -0.3 is 10.1 Å². The van der Waals surface area contributed by atoms with E-state index < -0.39 is 0 Å². The number of hydrogen-bond donors (Lipinski definition) is 1. The Hall–Kier alpha value is -1.16. The van der Waals surface area contributed by atoms with E-state index in [-0.39, 0.29) is 0 Å². The fraction of sp³-hybridized carbons (Fsp3) is 0.267. The standard InChI is InChI=1S/C15H15Cl3N2O/c1-2-7-19-14-12(17)8-13(18)15(20-14)21-9-10-5-3-4-6-11(10)16/h3-6,8H,2,7,9H2,1H3,(H,19,20). The SMILES string of the molecule is CCCNc1nc(OCc2ccccc2Cl)c(Cl)cc1Cl. The molecule has 1 heterocycles. The number of aromatic nitrogens is 1. The number of anilines is 1. The number of nitrogens with one attached hydrogen (secondary N) is 1. The van der Waals surface area contributed by atoms with Crippen LogP contribution in [-0.4, -0.2) is 11.5 Å². The number of hydrogen-bond acceptors (Lipinski definition) is 3. The molecule has 2 aromatic rings. The minimum absolute atomic E-state index is 0.293. The number of ether oxygens (including phenoxy) is 1. The smallest absolute Gasteiger partial charge is 0.234 e. The van der Waals surface area contributed by atoms with Crippen LogP contribution >= 0.6 is 34.8 Å². The highest BCUT2D eigenvalue weighted by atomic mass is 35.5. The molecule has 1 aromatic carbocycles. The minimum Gasteiger partial charge on any atom is -0.472 e. The zero-order valence-corrected chi connectivity index (χ0v) is 13.8. The van der Waals surface area contributed by atoms with Gasteiger partial charge in [-0.05, 0) is 18.6 Å². The number of halogens is 3. The van der Waals surface area contributed by atoms with Crippen LogP contribution in [0, 0.1) is 0 Å². The predicted molar refractivity (Wildman–Crippen MR) is 88.8 cm³/mol. The van der Waals surface area contributed by atoms with Gasteiger partial charge >= 0.3 is 0 Å². The molecule has 2 rings (SSSR count). The fourth-order valence-electron chi connectivity index (χ4n) is 1.68. The highest BCUT2D eigenvalue weighted by Crippen LogP contribution is 2.31. The van der Waals surface area contributed by atoms with Crippen molar-refractivity contribution in [1.29, 1.82) is 0 Å². The van der Waals surface area contributed by atoms with Crippen molar-refractivity contribution in [3.8, 4) is 5.88 Å². The van der Waals surface area contributed by atoms with Crippen molar-refractivity contribution in [2.45, 2.75) is 20.0 Å². The Kier molecular flexibility index (Phi) is 5.97. The molecule has 3 nitrogen and oxygen atoms in total. The van der Waals surface area contributed by atoms with Gasteiger partial charge in [-0.2, -0.15) is 4.98 Å². The molecule has 0 fully saturated rings. The maximum Gasteiger partial charge on any atom is 0.234 e. The molecule has 0 atom stereocenters. The molecule has 0 radical (unpaired) electrons. The van der Waals surface area contributed by atoms with Gasteiger partial charge in [0.25, 0.3) is 0 Å². The Balaban J connectivity index is 2.14. The van der Waals surface area contributed by atoms with E-state index in [0.29, 0.717) is 33.4 Å². The lowest BCUT2D eigenvalue weighted by Gasteiger charge is -2.12. The van der Waals surface area contributed by atoms with Crippen molar-refractivity contribution in [3.63, 3.8) is 0 Å². The molecule has 0 aliphatic rings. The van der Waals surface area contributed by atoms with Gasteiger partial charge in [0, 0.05) is 17.1 Å². The summed E-state index contributed by atoms with van der Waals surface area (Å²) in [6.07, 6.45) is 0.969. The average molecular weight is 346 g/mol. The summed E-state index contributed by atoms with van der Waals surface area (Å²) in [5, 5.41) is 4.62. The van der Waals surface area contributed by atoms with Gasteiger partial charge in [-0.25, -0.2) is 0 Å². The van der Waals surface area contributed by atoms with Crippen molar-refractivity contribution < 1.29 is 4.74 Å². The zero-order chi connectivity index (χ0) is 15.2. The summed E-state index contributed by atoms with van der Waals surface area (Å²) in [5.74, 6) is 0.900. The second-order valence-corrected chi connectivity index (χ2v) is 5.63. The molecule has 0 saturated heterocycles. The summed E-state index contributed by atoms with van der Waals surface area (Å²) in [6, 6.07) is 9.09. The summed E-state index contributed by atoms with van der Waals surface area (Å²) in [5.41, 5.74) is 0.870. The van der Waals surface area contributed by atoms with Crippen LogP contribution in [0.2, 0.25) is 15.1 Å². The van der Waals surface area contributed by atoms with E-state index in [0.717, 1.165) is 18.5 Å². The first-order valence-corrected chi connectivity index (χ1v) is 7.71. The third kappa shape index (κ3) is 4.40. The average Bonchev–Trinajstić information content (AvgIpc) is 2.47. The van der Waals surface area contributed by atoms with Gasteiger partial charge in [0.1, 0.15) is 17.4 Å². The molecule has 21 heavy (non-hydrogen) atoms. The van der Waals surface area contributed by atoms with E-state index >= 15 is 0 Å². The quantitative estimate of drug-likeness (QED) is 0.756. The highest BCUT2D eigenvalue weighted by Gasteiger charge is 2.11. The van der Waals surface area contributed by atoms with E-state index in [2.05, 4.69) is 17.2 Å². The highest BCUT2D eigenvalue weighted by molar-refractivity contribution is 6.36. The maximum atomic E-state index is 6.11. The van der Waals surface area contributed by atoms with Gasteiger partial charge in [0.2, 0.25) is 5.88 Å². The molecule has 0 saturated carbocycles. The topological polar surface area (TPSA) is 34.2 Å². The molecule has 0 amide bonds. The second kappa shape index (κ2) is 7.74. The first-order chi connectivity index (χ1) is 10.1. The third-order valence-corrected chi connectivity index (χ3v) is 3.69. The number of pyridine rings is 1.